The molecule has 4 rings (SSSR count). The topological polar surface area (TPSA) is 153 Å². The molecule has 8 N–H and O–H groups in total. The molecule has 2 saturated heterocycles. The van der Waals surface area contributed by atoms with Gasteiger partial charge in [-0.25, -0.2) is 0 Å². The summed E-state index contributed by atoms with van der Waals surface area (Å²) in [4.78, 5) is 23.2. The van der Waals surface area contributed by atoms with E-state index in [-0.39, 0.29) is 24.5 Å². The zero-order chi connectivity index (χ0) is 36.7. The first kappa shape index (κ1) is 39.8. The van der Waals surface area contributed by atoms with E-state index in [4.69, 9.17) is 32.4 Å². The minimum absolute atomic E-state index is 0.0469. The number of nitrogens with zero attached hydrogens (tertiary/aromatic N) is 4. The molecule has 0 spiro atoms. The zero-order valence-corrected chi connectivity index (χ0v) is 32.1. The molecule has 0 aromatic heterocycles. The Morgan fingerprint density at radius 2 is 1.02 bits per heavy atom. The van der Waals surface area contributed by atoms with Crippen LogP contribution in [0.4, 0.5) is 11.4 Å². The molecule has 2 heterocycles. The first-order valence-corrected chi connectivity index (χ1v) is 18.6. The molecule has 50 heavy (non-hydrogen) atoms. The van der Waals surface area contributed by atoms with Crippen molar-refractivity contribution in [2.45, 2.75) is 116 Å². The van der Waals surface area contributed by atoms with Crippen LogP contribution in [-0.4, -0.2) is 104 Å². The summed E-state index contributed by atoms with van der Waals surface area (Å²) in [6, 6.07) is 8.19. The summed E-state index contributed by atoms with van der Waals surface area (Å²) in [7, 11) is 8.35. The Labute approximate surface area is 301 Å². The van der Waals surface area contributed by atoms with Gasteiger partial charge in [0.05, 0.1) is 35.9 Å². The van der Waals surface area contributed by atoms with Crippen LogP contribution in [0.15, 0.2) is 24.3 Å². The van der Waals surface area contributed by atoms with Gasteiger partial charge in [-0.1, -0.05) is 0 Å². The van der Waals surface area contributed by atoms with Crippen molar-refractivity contribution in [3.05, 3.63) is 46.5 Å². The third kappa shape index (κ3) is 10.1. The van der Waals surface area contributed by atoms with Gasteiger partial charge in [-0.3, -0.25) is 24.4 Å². The number of hydrogen-bond donors (Lipinski definition) is 4. The number of carbonyl (C=O) groups excluding carboxylic acids is 1. The van der Waals surface area contributed by atoms with Crippen molar-refractivity contribution < 1.29 is 14.3 Å². The Kier molecular flexibility index (Phi) is 14.4. The summed E-state index contributed by atoms with van der Waals surface area (Å²) in [5.74, 6) is 2.53. The second-order valence-electron chi connectivity index (χ2n) is 15.4. The molecule has 0 saturated carbocycles. The van der Waals surface area contributed by atoms with Crippen molar-refractivity contribution in [3.8, 4) is 11.5 Å². The number of carbonyl (C=O) groups is 1. The van der Waals surface area contributed by atoms with E-state index in [1.807, 2.05) is 39.8 Å². The Balaban J connectivity index is 1.37. The lowest BCUT2D eigenvalue weighted by Gasteiger charge is -2.42. The van der Waals surface area contributed by atoms with Crippen LogP contribution in [0.1, 0.15) is 100 Å². The summed E-state index contributed by atoms with van der Waals surface area (Å²) in [5, 5.41) is 0. The van der Waals surface area contributed by atoms with Gasteiger partial charge in [-0.2, -0.15) is 0 Å². The number of ether oxygens (including phenoxy) is 2. The Bertz CT molecular complexity index is 1290. The van der Waals surface area contributed by atoms with Crippen molar-refractivity contribution in [3.63, 3.8) is 0 Å². The van der Waals surface area contributed by atoms with Crippen LogP contribution in [0, 0.1) is 0 Å². The molecule has 2 atom stereocenters. The molecule has 0 amide bonds. The number of hydrogen-bond acceptors (Lipinski definition) is 11. The SMILES string of the molecule is CC(C)Oc1cc(C2CCN(C(CC(=O)CC(N(C)C)N3CCC(c4cc(OC(C)C)c(N)cc4CN)CC3)N(C)C)CC2)c(CN)cc1N. The maximum absolute atomic E-state index is 13.8. The van der Waals surface area contributed by atoms with E-state index < -0.39 is 0 Å². The number of piperidine rings is 2. The molecule has 11 nitrogen and oxygen atoms in total. The highest BCUT2D eigenvalue weighted by Crippen LogP contribution is 2.38. The standard InChI is InChI=1S/C39H66N8O3/c1-25(2)49-36-21-32(29(23-40)17-34(36)42)27-9-13-46(14-10-27)38(44(5)6)19-31(48)20-39(45(7)8)47-15-11-28(12-16-47)33-22-37(50-26(3)4)35(43)18-30(33)24-41/h17-18,21-22,25-28,38-39H,9-16,19-20,23-24,40-43H2,1-8H3. The first-order valence-electron chi connectivity index (χ1n) is 18.6. The van der Waals surface area contributed by atoms with Crippen molar-refractivity contribution in [2.24, 2.45) is 11.5 Å². The number of likely N-dealkylation sites (tertiary alicyclic amines) is 2. The first-order chi connectivity index (χ1) is 23.7. The van der Waals surface area contributed by atoms with Crippen LogP contribution < -0.4 is 32.4 Å². The van der Waals surface area contributed by atoms with Crippen LogP contribution in [0.5, 0.6) is 11.5 Å². The summed E-state index contributed by atoms with van der Waals surface area (Å²) in [6.07, 6.45) is 5.20. The third-order valence-corrected chi connectivity index (χ3v) is 10.5. The lowest BCUT2D eigenvalue weighted by molar-refractivity contribution is -0.125. The minimum atomic E-state index is 0.0469. The smallest absolute Gasteiger partial charge is 0.142 e. The molecule has 0 bridgehead atoms. The molecular formula is C39H66N8O3. The van der Waals surface area contributed by atoms with Crippen LogP contribution in [0.2, 0.25) is 0 Å². The van der Waals surface area contributed by atoms with Gasteiger partial charge in [0.15, 0.2) is 0 Å². The van der Waals surface area contributed by atoms with Crippen LogP contribution in [0.3, 0.4) is 0 Å². The van der Waals surface area contributed by atoms with Crippen molar-refractivity contribution in [1.29, 1.82) is 0 Å². The number of nitrogen functional groups attached to an aromatic ring is 2. The maximum atomic E-state index is 13.8. The van der Waals surface area contributed by atoms with E-state index in [1.165, 1.54) is 11.1 Å². The van der Waals surface area contributed by atoms with Crippen LogP contribution in [-0.2, 0) is 17.9 Å². The van der Waals surface area contributed by atoms with Gasteiger partial charge in [0.25, 0.3) is 0 Å². The van der Waals surface area contributed by atoms with E-state index in [0.29, 0.717) is 54.9 Å². The van der Waals surface area contributed by atoms with Gasteiger partial charge >= 0.3 is 0 Å². The minimum Gasteiger partial charge on any atom is -0.489 e. The van der Waals surface area contributed by atoms with E-state index in [0.717, 1.165) is 74.5 Å². The largest absolute Gasteiger partial charge is 0.489 e. The van der Waals surface area contributed by atoms with Crippen molar-refractivity contribution in [2.75, 3.05) is 65.8 Å². The van der Waals surface area contributed by atoms with Crippen molar-refractivity contribution in [1.82, 2.24) is 19.6 Å². The van der Waals surface area contributed by atoms with Crippen molar-refractivity contribution >= 4 is 17.2 Å². The van der Waals surface area contributed by atoms with Crippen LogP contribution in [0.25, 0.3) is 0 Å². The van der Waals surface area contributed by atoms with Gasteiger partial charge in [-0.15, -0.1) is 0 Å². The van der Waals surface area contributed by atoms with Gasteiger partial charge in [0, 0.05) is 52.1 Å². The lowest BCUT2D eigenvalue weighted by Crippen LogP contribution is -2.51. The van der Waals surface area contributed by atoms with E-state index in [1.54, 1.807) is 0 Å². The molecule has 2 fully saturated rings. The molecule has 0 aliphatic carbocycles. The van der Waals surface area contributed by atoms with Gasteiger partial charge in [0.1, 0.15) is 17.3 Å². The monoisotopic (exact) mass is 695 g/mol. The van der Waals surface area contributed by atoms with Gasteiger partial charge in [0.2, 0.25) is 0 Å². The van der Waals surface area contributed by atoms with E-state index >= 15 is 0 Å². The lowest BCUT2D eigenvalue weighted by atomic mass is 9.85. The molecule has 2 aromatic carbocycles. The molecule has 280 valence electrons. The predicted octanol–water partition coefficient (Wildman–Crippen LogP) is 4.53. The van der Waals surface area contributed by atoms with E-state index in [2.05, 4.69) is 59.9 Å². The Morgan fingerprint density at radius 1 is 0.680 bits per heavy atom. The van der Waals surface area contributed by atoms with Gasteiger partial charge in [-0.05, 0) is 140 Å². The van der Waals surface area contributed by atoms with Gasteiger partial charge < -0.3 is 32.4 Å². The molecular weight excluding hydrogens is 628 g/mol. The number of rotatable bonds is 16. The molecule has 2 aliphatic rings. The fourth-order valence-corrected chi connectivity index (χ4v) is 7.93. The fourth-order valence-electron chi connectivity index (χ4n) is 7.93. The summed E-state index contributed by atoms with van der Waals surface area (Å²) >= 11 is 0. The average molecular weight is 695 g/mol. The zero-order valence-electron chi connectivity index (χ0n) is 32.1. The number of nitrogens with two attached hydrogens (primary N) is 4. The van der Waals surface area contributed by atoms with Crippen LogP contribution >= 0.6 is 0 Å². The molecule has 2 unspecified atom stereocenters. The number of anilines is 2. The predicted molar refractivity (Wildman–Crippen MR) is 205 cm³/mol. The highest BCUT2D eigenvalue weighted by Gasteiger charge is 2.33. The number of benzene rings is 2. The fraction of sp³-hybridized carbons (Fsp3) is 0.667. The molecule has 2 aromatic rings. The second-order valence-corrected chi connectivity index (χ2v) is 15.4. The number of ketones is 1. The third-order valence-electron chi connectivity index (χ3n) is 10.5. The molecule has 2 aliphatic heterocycles. The summed E-state index contributed by atoms with van der Waals surface area (Å²) in [6.45, 7) is 12.6. The van der Waals surface area contributed by atoms with E-state index in [9.17, 15) is 4.79 Å². The highest BCUT2D eigenvalue weighted by atomic mass is 16.5. The molecule has 11 heteroatoms. The normalized spacial score (nSPS) is 18.4. The molecule has 0 radical (unpaired) electrons. The highest BCUT2D eigenvalue weighted by molar-refractivity contribution is 5.79. The summed E-state index contributed by atoms with van der Waals surface area (Å²) in [5.41, 5.74) is 30.9. The Hall–Kier alpha value is -2.93. The summed E-state index contributed by atoms with van der Waals surface area (Å²) < 4.78 is 12.0. The number of Topliss-reactive ketones (excluding diaryl/α,β-unsaturated/α-hetero) is 1. The Morgan fingerprint density at radius 3 is 1.30 bits per heavy atom. The quantitative estimate of drug-likeness (QED) is 0.184. The second kappa shape index (κ2) is 18.0. The maximum Gasteiger partial charge on any atom is 0.142 e. The average Bonchev–Trinajstić information content (AvgIpc) is 3.07.